The molecule has 2 aliphatic carbocycles. The summed E-state index contributed by atoms with van der Waals surface area (Å²) in [6, 6.07) is 18.1. The van der Waals surface area contributed by atoms with E-state index in [0.29, 0.717) is 6.04 Å². The Hall–Kier alpha value is -1.60. The molecule has 2 aromatic carbocycles. The van der Waals surface area contributed by atoms with Crippen LogP contribution in [0.4, 0.5) is 0 Å². The Morgan fingerprint density at radius 1 is 0.762 bits per heavy atom. The molecule has 0 spiro atoms. The molecule has 1 nitrogen and oxygen atoms in total. The van der Waals surface area contributed by atoms with Crippen LogP contribution in [-0.2, 0) is 0 Å². The Bertz CT molecular complexity index is 580. The van der Waals surface area contributed by atoms with Crippen LogP contribution >= 0.6 is 0 Å². The van der Waals surface area contributed by atoms with E-state index in [1.54, 1.807) is 0 Å². The first kappa shape index (κ1) is 13.1. The van der Waals surface area contributed by atoms with Gasteiger partial charge in [0, 0.05) is 0 Å². The zero-order valence-electron chi connectivity index (χ0n) is 12.5. The first-order valence-corrected chi connectivity index (χ1v) is 8.35. The fourth-order valence-corrected chi connectivity index (χ4v) is 4.05. The van der Waals surface area contributed by atoms with Crippen molar-refractivity contribution in [3.05, 3.63) is 59.7 Å². The predicted molar refractivity (Wildman–Crippen MR) is 88.3 cm³/mol. The molecule has 0 amide bonds. The third-order valence-electron chi connectivity index (χ3n) is 5.17. The van der Waals surface area contributed by atoms with E-state index in [2.05, 4.69) is 53.8 Å². The molecule has 4 rings (SSSR count). The molecule has 0 radical (unpaired) electrons. The lowest BCUT2D eigenvalue weighted by molar-refractivity contribution is 0.335. The van der Waals surface area contributed by atoms with Crippen molar-refractivity contribution in [3.63, 3.8) is 0 Å². The summed E-state index contributed by atoms with van der Waals surface area (Å²) in [4.78, 5) is 0. The number of benzene rings is 2. The summed E-state index contributed by atoms with van der Waals surface area (Å²) in [5, 5.41) is 3.86. The molecule has 2 aliphatic rings. The number of nitrogens with one attached hydrogen (secondary N) is 1. The van der Waals surface area contributed by atoms with Crippen molar-refractivity contribution in [1.82, 2.24) is 5.32 Å². The van der Waals surface area contributed by atoms with Gasteiger partial charge in [-0.2, -0.15) is 0 Å². The van der Waals surface area contributed by atoms with Crippen LogP contribution in [0.2, 0.25) is 0 Å². The molecular formula is C20H23N. The van der Waals surface area contributed by atoms with Gasteiger partial charge in [0.1, 0.15) is 0 Å². The maximum absolute atomic E-state index is 3.86. The highest BCUT2D eigenvalue weighted by Crippen LogP contribution is 2.43. The molecule has 0 aromatic heterocycles. The molecule has 21 heavy (non-hydrogen) atoms. The molecule has 0 unspecified atom stereocenters. The molecule has 2 aromatic rings. The van der Waals surface area contributed by atoms with E-state index in [-0.39, 0.29) is 0 Å². The van der Waals surface area contributed by atoms with Gasteiger partial charge in [-0.05, 0) is 47.6 Å². The predicted octanol–water partition coefficient (Wildman–Crippen LogP) is 4.93. The smallest absolute Gasteiger partial charge is 0.0589 e. The lowest BCUT2D eigenvalue weighted by Crippen LogP contribution is -2.28. The molecule has 1 fully saturated rings. The van der Waals surface area contributed by atoms with E-state index >= 15 is 0 Å². The Kier molecular flexibility index (Phi) is 3.52. The Morgan fingerprint density at radius 3 is 1.95 bits per heavy atom. The topological polar surface area (TPSA) is 12.0 Å². The second-order valence-corrected chi connectivity index (χ2v) is 6.52. The second-order valence-electron chi connectivity index (χ2n) is 6.52. The van der Waals surface area contributed by atoms with Gasteiger partial charge < -0.3 is 5.32 Å². The Balaban J connectivity index is 1.59. The minimum atomic E-state index is 0.388. The van der Waals surface area contributed by atoms with Gasteiger partial charge in [-0.1, -0.05) is 67.8 Å². The van der Waals surface area contributed by atoms with Gasteiger partial charge in [-0.3, -0.25) is 0 Å². The van der Waals surface area contributed by atoms with E-state index in [4.69, 9.17) is 0 Å². The maximum Gasteiger partial charge on any atom is 0.0589 e. The van der Waals surface area contributed by atoms with Crippen LogP contribution < -0.4 is 5.32 Å². The van der Waals surface area contributed by atoms with E-state index in [0.717, 1.165) is 12.5 Å². The van der Waals surface area contributed by atoms with Crippen LogP contribution in [0.25, 0.3) is 11.1 Å². The van der Waals surface area contributed by atoms with Gasteiger partial charge in [-0.25, -0.2) is 0 Å². The molecule has 0 aliphatic heterocycles. The van der Waals surface area contributed by atoms with Crippen molar-refractivity contribution >= 4 is 0 Å². The summed E-state index contributed by atoms with van der Waals surface area (Å²) in [6.45, 7) is 1.16. The summed E-state index contributed by atoms with van der Waals surface area (Å²) in [5.74, 6) is 0.874. The summed E-state index contributed by atoms with van der Waals surface area (Å²) in [5.41, 5.74) is 5.73. The average Bonchev–Trinajstić information content (AvgIpc) is 2.88. The van der Waals surface area contributed by atoms with Crippen LogP contribution in [0.5, 0.6) is 0 Å². The van der Waals surface area contributed by atoms with Crippen LogP contribution in [0, 0.1) is 5.92 Å². The van der Waals surface area contributed by atoms with Crippen molar-refractivity contribution in [2.45, 2.75) is 38.1 Å². The van der Waals surface area contributed by atoms with Gasteiger partial charge in [0.25, 0.3) is 0 Å². The first-order chi connectivity index (χ1) is 10.4. The van der Waals surface area contributed by atoms with Crippen LogP contribution in [-0.4, -0.2) is 6.54 Å². The van der Waals surface area contributed by atoms with Gasteiger partial charge in [-0.15, -0.1) is 0 Å². The number of fused-ring (bicyclic) bond motifs is 3. The minimum absolute atomic E-state index is 0.388. The highest BCUT2D eigenvalue weighted by atomic mass is 14.9. The molecule has 0 atom stereocenters. The average molecular weight is 277 g/mol. The molecular weight excluding hydrogens is 254 g/mol. The van der Waals surface area contributed by atoms with Crippen molar-refractivity contribution in [1.29, 1.82) is 0 Å². The minimum Gasteiger partial charge on any atom is -0.306 e. The van der Waals surface area contributed by atoms with Crippen LogP contribution in [0.3, 0.4) is 0 Å². The highest BCUT2D eigenvalue weighted by molar-refractivity contribution is 5.78. The zero-order valence-corrected chi connectivity index (χ0v) is 12.5. The number of hydrogen-bond donors (Lipinski definition) is 1. The molecule has 0 saturated heterocycles. The largest absolute Gasteiger partial charge is 0.306 e. The lowest BCUT2D eigenvalue weighted by Gasteiger charge is -2.24. The standard InChI is InChI=1S/C20H23N/c1-2-8-15(9-3-1)14-21-20-18-12-6-4-10-16(18)17-11-5-7-13-19(17)20/h4-7,10-13,15,20-21H,1-3,8-9,14H2. The first-order valence-electron chi connectivity index (χ1n) is 8.35. The van der Waals surface area contributed by atoms with Crippen molar-refractivity contribution < 1.29 is 0 Å². The van der Waals surface area contributed by atoms with E-state index in [9.17, 15) is 0 Å². The fraction of sp³-hybridized carbons (Fsp3) is 0.400. The summed E-state index contributed by atoms with van der Waals surface area (Å²) < 4.78 is 0. The van der Waals surface area contributed by atoms with E-state index in [1.165, 1.54) is 54.4 Å². The molecule has 1 N–H and O–H groups in total. The maximum atomic E-state index is 3.86. The van der Waals surface area contributed by atoms with E-state index in [1.807, 2.05) is 0 Å². The fourth-order valence-electron chi connectivity index (χ4n) is 4.05. The van der Waals surface area contributed by atoms with Gasteiger partial charge in [0.2, 0.25) is 0 Å². The third kappa shape index (κ3) is 2.40. The molecule has 0 heterocycles. The normalized spacial score (nSPS) is 18.5. The monoisotopic (exact) mass is 277 g/mol. The second kappa shape index (κ2) is 5.65. The van der Waals surface area contributed by atoms with Crippen molar-refractivity contribution in [2.24, 2.45) is 5.92 Å². The van der Waals surface area contributed by atoms with Crippen molar-refractivity contribution in [2.75, 3.05) is 6.54 Å². The van der Waals surface area contributed by atoms with E-state index < -0.39 is 0 Å². The molecule has 108 valence electrons. The number of hydrogen-bond acceptors (Lipinski definition) is 1. The van der Waals surface area contributed by atoms with Gasteiger partial charge in [0.15, 0.2) is 0 Å². The van der Waals surface area contributed by atoms with Crippen LogP contribution in [0.15, 0.2) is 48.5 Å². The molecule has 1 saturated carbocycles. The molecule has 0 bridgehead atoms. The SMILES string of the molecule is c1ccc2c(c1)-c1ccccc1C2NCC1CCCCC1. The Labute approximate surface area is 127 Å². The Morgan fingerprint density at radius 2 is 1.33 bits per heavy atom. The highest BCUT2D eigenvalue weighted by Gasteiger charge is 2.28. The third-order valence-corrected chi connectivity index (χ3v) is 5.17. The summed E-state index contributed by atoms with van der Waals surface area (Å²) in [7, 11) is 0. The molecule has 1 heteroatoms. The summed E-state index contributed by atoms with van der Waals surface area (Å²) >= 11 is 0. The van der Waals surface area contributed by atoms with Crippen molar-refractivity contribution in [3.8, 4) is 11.1 Å². The lowest BCUT2D eigenvalue weighted by atomic mass is 9.89. The zero-order chi connectivity index (χ0) is 14.1. The van der Waals surface area contributed by atoms with Crippen LogP contribution in [0.1, 0.15) is 49.3 Å². The number of rotatable bonds is 3. The van der Waals surface area contributed by atoms with Gasteiger partial charge >= 0.3 is 0 Å². The quantitative estimate of drug-likeness (QED) is 0.839. The van der Waals surface area contributed by atoms with Gasteiger partial charge in [0.05, 0.1) is 6.04 Å². The summed E-state index contributed by atoms with van der Waals surface area (Å²) in [6.07, 6.45) is 7.09.